The highest BCUT2D eigenvalue weighted by Gasteiger charge is 2.25. The fourth-order valence-corrected chi connectivity index (χ4v) is 3.45. The van der Waals surface area contributed by atoms with Crippen molar-refractivity contribution in [1.82, 2.24) is 20.0 Å². The van der Waals surface area contributed by atoms with Crippen LogP contribution in [0.4, 0.5) is 0 Å². The Morgan fingerprint density at radius 2 is 1.86 bits per heavy atom. The van der Waals surface area contributed by atoms with Crippen LogP contribution in [0, 0.1) is 0 Å². The molecule has 2 aromatic rings. The lowest BCUT2D eigenvalue weighted by Gasteiger charge is -2.32. The third kappa shape index (κ3) is 5.82. The fourth-order valence-electron chi connectivity index (χ4n) is 3.45. The fraction of sp³-hybridized carbons (Fsp3) is 0.500. The Morgan fingerprint density at radius 3 is 2.48 bits per heavy atom. The molecule has 1 aromatic carbocycles. The van der Waals surface area contributed by atoms with E-state index >= 15 is 0 Å². The Labute approximate surface area is 172 Å². The van der Waals surface area contributed by atoms with Gasteiger partial charge in [-0.2, -0.15) is 5.10 Å². The molecule has 2 heterocycles. The maximum absolute atomic E-state index is 12.8. The quantitative estimate of drug-likeness (QED) is 0.694. The van der Waals surface area contributed by atoms with Gasteiger partial charge in [0.2, 0.25) is 0 Å². The zero-order valence-electron chi connectivity index (χ0n) is 17.3. The molecule has 1 aliphatic rings. The molecule has 1 saturated heterocycles. The minimum atomic E-state index is -0.114. The molecule has 0 unspecified atom stereocenters. The van der Waals surface area contributed by atoms with Crippen LogP contribution in [0.5, 0.6) is 5.75 Å². The predicted molar refractivity (Wildman–Crippen MR) is 111 cm³/mol. The first kappa shape index (κ1) is 20.9. The zero-order chi connectivity index (χ0) is 20.6. The summed E-state index contributed by atoms with van der Waals surface area (Å²) in [7, 11) is 1.78. The molecule has 2 amide bonds. The number of nitrogens with zero attached hydrogens (tertiary/aromatic N) is 3. The van der Waals surface area contributed by atoms with Gasteiger partial charge in [0.15, 0.2) is 0 Å². The van der Waals surface area contributed by atoms with E-state index in [0.29, 0.717) is 30.8 Å². The first-order valence-corrected chi connectivity index (χ1v) is 10.4. The van der Waals surface area contributed by atoms with Gasteiger partial charge in [-0.15, -0.1) is 0 Å². The molecule has 0 saturated carbocycles. The number of hydrogen-bond acceptors (Lipinski definition) is 4. The van der Waals surface area contributed by atoms with E-state index in [1.165, 1.54) is 6.42 Å². The third-order valence-electron chi connectivity index (χ3n) is 5.20. The van der Waals surface area contributed by atoms with Crippen molar-refractivity contribution in [3.8, 4) is 5.75 Å². The highest BCUT2D eigenvalue weighted by atomic mass is 16.5. The molecule has 0 aliphatic carbocycles. The van der Waals surface area contributed by atoms with E-state index in [4.69, 9.17) is 4.74 Å². The molecular weight excluding hydrogens is 368 g/mol. The van der Waals surface area contributed by atoms with Crippen molar-refractivity contribution < 1.29 is 14.3 Å². The van der Waals surface area contributed by atoms with Gasteiger partial charge in [-0.3, -0.25) is 14.3 Å². The van der Waals surface area contributed by atoms with E-state index < -0.39 is 0 Å². The van der Waals surface area contributed by atoms with Crippen LogP contribution in [-0.2, 0) is 7.05 Å². The first-order chi connectivity index (χ1) is 14.1. The molecule has 7 nitrogen and oxygen atoms in total. The number of carbonyl (C=O) groups excluding carboxylic acids is 2. The molecule has 1 fully saturated rings. The van der Waals surface area contributed by atoms with Crippen LogP contribution in [0.2, 0.25) is 0 Å². The Balaban J connectivity index is 1.45. The van der Waals surface area contributed by atoms with Crippen molar-refractivity contribution in [2.45, 2.75) is 45.1 Å². The van der Waals surface area contributed by atoms with Gasteiger partial charge in [0.05, 0.1) is 18.4 Å². The number of ether oxygens (including phenoxy) is 1. The molecule has 156 valence electrons. The summed E-state index contributed by atoms with van der Waals surface area (Å²) in [5.74, 6) is 0.714. The number of hydrogen-bond donors (Lipinski definition) is 1. The number of benzene rings is 1. The highest BCUT2D eigenvalue weighted by Crippen LogP contribution is 2.18. The smallest absolute Gasteiger partial charge is 0.254 e. The summed E-state index contributed by atoms with van der Waals surface area (Å²) in [5.41, 5.74) is 1.23. The number of carbonyl (C=O) groups is 2. The minimum Gasteiger partial charge on any atom is -0.494 e. The number of amides is 2. The van der Waals surface area contributed by atoms with Gasteiger partial charge >= 0.3 is 0 Å². The average Bonchev–Trinajstić information content (AvgIpc) is 3.18. The molecule has 0 bridgehead atoms. The average molecular weight is 399 g/mol. The van der Waals surface area contributed by atoms with Crippen molar-refractivity contribution in [2.75, 3.05) is 19.7 Å². The molecule has 29 heavy (non-hydrogen) atoms. The van der Waals surface area contributed by atoms with E-state index in [0.717, 1.165) is 31.4 Å². The largest absolute Gasteiger partial charge is 0.494 e. The number of nitrogens with one attached hydrogen (secondary N) is 1. The van der Waals surface area contributed by atoms with Gasteiger partial charge in [0.1, 0.15) is 5.75 Å². The molecule has 0 atom stereocenters. The zero-order valence-corrected chi connectivity index (χ0v) is 17.3. The van der Waals surface area contributed by atoms with Crippen LogP contribution < -0.4 is 10.1 Å². The lowest BCUT2D eigenvalue weighted by Crippen LogP contribution is -2.46. The maximum atomic E-state index is 12.8. The van der Waals surface area contributed by atoms with Gasteiger partial charge in [-0.1, -0.05) is 19.8 Å². The summed E-state index contributed by atoms with van der Waals surface area (Å²) >= 11 is 0. The first-order valence-electron chi connectivity index (χ1n) is 10.4. The summed E-state index contributed by atoms with van der Waals surface area (Å²) in [6.45, 7) is 4.13. The van der Waals surface area contributed by atoms with Crippen LogP contribution in [-0.4, -0.2) is 52.2 Å². The predicted octanol–water partition coefficient (Wildman–Crippen LogP) is 3.02. The van der Waals surface area contributed by atoms with Gasteiger partial charge in [-0.25, -0.2) is 0 Å². The van der Waals surface area contributed by atoms with E-state index in [9.17, 15) is 9.59 Å². The maximum Gasteiger partial charge on any atom is 0.254 e. The van der Waals surface area contributed by atoms with Crippen LogP contribution in [0.15, 0.2) is 36.7 Å². The molecule has 1 aromatic heterocycles. The Hall–Kier alpha value is -2.83. The standard InChI is InChI=1S/C22H30N4O3/c1-3-4-5-14-29-20-8-6-17(7-9-20)22(28)26-12-10-19(11-13-26)24-21(27)18-15-23-25(2)16-18/h6-9,15-16,19H,3-5,10-14H2,1-2H3,(H,24,27). The Morgan fingerprint density at radius 1 is 1.14 bits per heavy atom. The number of unbranched alkanes of at least 4 members (excludes halogenated alkanes) is 2. The molecule has 0 radical (unpaired) electrons. The summed E-state index contributed by atoms with van der Waals surface area (Å²) in [5, 5.41) is 7.06. The van der Waals surface area contributed by atoms with Crippen molar-refractivity contribution in [1.29, 1.82) is 0 Å². The SMILES string of the molecule is CCCCCOc1ccc(C(=O)N2CCC(NC(=O)c3cnn(C)c3)CC2)cc1. The number of likely N-dealkylation sites (tertiary alicyclic amines) is 1. The second kappa shape index (κ2) is 10.1. The van der Waals surface area contributed by atoms with E-state index in [1.54, 1.807) is 24.1 Å². The number of aromatic nitrogens is 2. The van der Waals surface area contributed by atoms with Crippen LogP contribution in [0.3, 0.4) is 0 Å². The van der Waals surface area contributed by atoms with Gasteiger partial charge < -0.3 is 15.0 Å². The van der Waals surface area contributed by atoms with Crippen molar-refractivity contribution in [3.05, 3.63) is 47.8 Å². The Kier molecular flexibility index (Phi) is 7.27. The monoisotopic (exact) mass is 398 g/mol. The van der Waals surface area contributed by atoms with Crippen LogP contribution in [0.25, 0.3) is 0 Å². The number of aryl methyl sites for hydroxylation is 1. The molecule has 1 aliphatic heterocycles. The van der Waals surface area contributed by atoms with Crippen LogP contribution in [0.1, 0.15) is 59.7 Å². The van der Waals surface area contributed by atoms with Crippen molar-refractivity contribution >= 4 is 11.8 Å². The summed E-state index contributed by atoms with van der Waals surface area (Å²) in [6.07, 6.45) is 8.13. The second-order valence-electron chi connectivity index (χ2n) is 7.52. The van der Waals surface area contributed by atoms with Gasteiger partial charge in [0, 0.05) is 37.9 Å². The summed E-state index contributed by atoms with van der Waals surface area (Å²) < 4.78 is 7.32. The molecular formula is C22H30N4O3. The summed E-state index contributed by atoms with van der Waals surface area (Å²) in [4.78, 5) is 26.9. The van der Waals surface area contributed by atoms with E-state index in [1.807, 2.05) is 29.2 Å². The minimum absolute atomic E-state index is 0.0274. The molecule has 3 rings (SSSR count). The number of rotatable bonds is 8. The van der Waals surface area contributed by atoms with E-state index in [-0.39, 0.29) is 17.9 Å². The lowest BCUT2D eigenvalue weighted by molar-refractivity contribution is 0.0698. The molecule has 1 N–H and O–H groups in total. The topological polar surface area (TPSA) is 76.5 Å². The highest BCUT2D eigenvalue weighted by molar-refractivity contribution is 5.95. The van der Waals surface area contributed by atoms with Gasteiger partial charge in [0.25, 0.3) is 11.8 Å². The second-order valence-corrected chi connectivity index (χ2v) is 7.52. The normalized spacial score (nSPS) is 14.6. The lowest BCUT2D eigenvalue weighted by atomic mass is 10.0. The molecule has 7 heteroatoms. The molecule has 0 spiro atoms. The Bertz CT molecular complexity index is 808. The van der Waals surface area contributed by atoms with Gasteiger partial charge in [-0.05, 0) is 43.5 Å². The van der Waals surface area contributed by atoms with Crippen molar-refractivity contribution in [2.24, 2.45) is 7.05 Å². The van der Waals surface area contributed by atoms with Crippen molar-refractivity contribution in [3.63, 3.8) is 0 Å². The third-order valence-corrected chi connectivity index (χ3v) is 5.20. The summed E-state index contributed by atoms with van der Waals surface area (Å²) in [6, 6.07) is 7.45. The van der Waals surface area contributed by atoms with Crippen LogP contribution >= 0.6 is 0 Å². The number of piperidine rings is 1. The van der Waals surface area contributed by atoms with E-state index in [2.05, 4.69) is 17.3 Å².